The van der Waals surface area contributed by atoms with E-state index in [1.54, 1.807) is 4.90 Å². The van der Waals surface area contributed by atoms with Gasteiger partial charge in [-0.3, -0.25) is 4.79 Å². The minimum Gasteiger partial charge on any atom is -0.441 e. The Morgan fingerprint density at radius 1 is 1.17 bits per heavy atom. The van der Waals surface area contributed by atoms with E-state index in [0.717, 1.165) is 48.8 Å². The van der Waals surface area contributed by atoms with E-state index >= 15 is 0 Å². The lowest BCUT2D eigenvalue weighted by molar-refractivity contribution is -0.117. The summed E-state index contributed by atoms with van der Waals surface area (Å²) in [5.74, 6) is 0.791. The van der Waals surface area contributed by atoms with Gasteiger partial charge in [-0.25, -0.2) is 4.79 Å². The van der Waals surface area contributed by atoms with Gasteiger partial charge in [-0.2, -0.15) is 0 Å². The molecule has 1 aromatic heterocycles. The number of ether oxygens (including phenoxy) is 1. The van der Waals surface area contributed by atoms with Crippen LogP contribution in [0, 0.1) is 0 Å². The summed E-state index contributed by atoms with van der Waals surface area (Å²) in [6.45, 7) is 7.12. The smallest absolute Gasteiger partial charge is 0.405 e. The molecule has 0 spiro atoms. The predicted molar refractivity (Wildman–Crippen MR) is 113 cm³/mol. The van der Waals surface area contributed by atoms with Crippen LogP contribution < -0.4 is 20.9 Å². The molecule has 0 aliphatic carbocycles. The first-order valence-electron chi connectivity index (χ1n) is 10.1. The molecule has 4 rings (SSSR count). The third-order valence-electron chi connectivity index (χ3n) is 5.61. The Hall–Kier alpha value is -3.20. The summed E-state index contributed by atoms with van der Waals surface area (Å²) in [6, 6.07) is 9.47. The van der Waals surface area contributed by atoms with E-state index in [9.17, 15) is 9.59 Å². The molecule has 0 saturated carbocycles. The van der Waals surface area contributed by atoms with E-state index in [4.69, 9.17) is 10.5 Å². The molecular formula is C21H26N6O3. The first-order chi connectivity index (χ1) is 14.4. The van der Waals surface area contributed by atoms with E-state index in [1.165, 1.54) is 6.92 Å². The van der Waals surface area contributed by atoms with Gasteiger partial charge in [-0.1, -0.05) is 6.07 Å². The predicted octanol–water partition coefficient (Wildman–Crippen LogP) is 1.83. The molecule has 0 bridgehead atoms. The Morgan fingerprint density at radius 3 is 2.57 bits per heavy atom. The minimum atomic E-state index is -0.833. The Labute approximate surface area is 175 Å². The van der Waals surface area contributed by atoms with Gasteiger partial charge in [0.05, 0.1) is 11.4 Å². The van der Waals surface area contributed by atoms with Crippen LogP contribution in [0.25, 0.3) is 11.3 Å². The zero-order valence-corrected chi connectivity index (χ0v) is 17.2. The van der Waals surface area contributed by atoms with Gasteiger partial charge in [0.2, 0.25) is 5.91 Å². The summed E-state index contributed by atoms with van der Waals surface area (Å²) in [7, 11) is 0. The number of benzene rings is 1. The summed E-state index contributed by atoms with van der Waals surface area (Å²) in [4.78, 5) is 27.6. The van der Waals surface area contributed by atoms with Gasteiger partial charge in [-0.15, -0.1) is 10.2 Å². The average Bonchev–Trinajstić information content (AvgIpc) is 2.73. The molecule has 9 nitrogen and oxygen atoms in total. The lowest BCUT2D eigenvalue weighted by Gasteiger charge is -2.38. The molecule has 1 aromatic carbocycles. The second kappa shape index (κ2) is 8.27. The third-order valence-corrected chi connectivity index (χ3v) is 5.61. The van der Waals surface area contributed by atoms with E-state index < -0.39 is 12.2 Å². The molecule has 0 radical (unpaired) electrons. The van der Waals surface area contributed by atoms with Crippen molar-refractivity contribution in [2.75, 3.05) is 36.0 Å². The number of nitrogens with one attached hydrogen (secondary N) is 1. The van der Waals surface area contributed by atoms with Crippen LogP contribution in [0.4, 0.5) is 16.3 Å². The van der Waals surface area contributed by atoms with Crippen LogP contribution in [-0.4, -0.2) is 54.4 Å². The largest absolute Gasteiger partial charge is 0.441 e. The van der Waals surface area contributed by atoms with Crippen LogP contribution in [0.1, 0.15) is 31.9 Å². The number of hydrogen-bond acceptors (Lipinski definition) is 7. The quantitative estimate of drug-likeness (QED) is 0.793. The highest BCUT2D eigenvalue weighted by Crippen LogP contribution is 2.41. The van der Waals surface area contributed by atoms with Crippen LogP contribution in [-0.2, 0) is 9.53 Å². The summed E-state index contributed by atoms with van der Waals surface area (Å²) in [5.41, 5.74) is 8.30. The molecule has 2 amide bonds. The monoisotopic (exact) mass is 410 g/mol. The molecule has 2 aliphatic heterocycles. The van der Waals surface area contributed by atoms with Gasteiger partial charge in [-0.05, 0) is 31.2 Å². The highest BCUT2D eigenvalue weighted by atomic mass is 16.6. The molecule has 1 fully saturated rings. The highest BCUT2D eigenvalue weighted by molar-refractivity contribution is 5.94. The summed E-state index contributed by atoms with van der Waals surface area (Å²) in [5, 5.41) is 12.1. The van der Waals surface area contributed by atoms with Crippen molar-refractivity contribution in [2.45, 2.75) is 32.4 Å². The van der Waals surface area contributed by atoms with Crippen molar-refractivity contribution in [1.82, 2.24) is 15.5 Å². The van der Waals surface area contributed by atoms with Crippen LogP contribution in [0.2, 0.25) is 0 Å². The summed E-state index contributed by atoms with van der Waals surface area (Å²) < 4.78 is 5.36. The second-order valence-electron chi connectivity index (χ2n) is 7.69. The number of fused-ring (bicyclic) bond motifs is 1. The maximum atomic E-state index is 12.2. The molecule has 2 aromatic rings. The zero-order valence-electron chi connectivity index (χ0n) is 17.2. The van der Waals surface area contributed by atoms with Crippen molar-refractivity contribution < 1.29 is 14.3 Å². The van der Waals surface area contributed by atoms with Gasteiger partial charge in [0.15, 0.2) is 5.82 Å². The fourth-order valence-electron chi connectivity index (χ4n) is 4.24. The maximum Gasteiger partial charge on any atom is 0.405 e. The van der Waals surface area contributed by atoms with E-state index in [-0.39, 0.29) is 11.9 Å². The minimum absolute atomic E-state index is 0.0609. The summed E-state index contributed by atoms with van der Waals surface area (Å²) >= 11 is 0. The van der Waals surface area contributed by atoms with Crippen molar-refractivity contribution in [3.63, 3.8) is 0 Å². The number of carbonyl (C=O) groups is 2. The molecule has 158 valence electrons. The van der Waals surface area contributed by atoms with Gasteiger partial charge in [0.25, 0.3) is 0 Å². The zero-order chi connectivity index (χ0) is 21.3. The van der Waals surface area contributed by atoms with Gasteiger partial charge in [0, 0.05) is 56.7 Å². The molecule has 2 unspecified atom stereocenters. The Kier molecular flexibility index (Phi) is 5.54. The summed E-state index contributed by atoms with van der Waals surface area (Å²) in [6.07, 6.45) is -0.872. The molecular weight excluding hydrogens is 384 g/mol. The Bertz CT molecular complexity index is 942. The number of nitrogens with zero attached hydrogens (tertiary/aromatic N) is 4. The van der Waals surface area contributed by atoms with E-state index in [1.807, 2.05) is 37.3 Å². The molecule has 1 saturated heterocycles. The molecule has 3 heterocycles. The fraction of sp³-hybridized carbons (Fsp3) is 0.429. The van der Waals surface area contributed by atoms with Gasteiger partial charge >= 0.3 is 6.09 Å². The maximum absolute atomic E-state index is 12.2. The van der Waals surface area contributed by atoms with Crippen LogP contribution >= 0.6 is 0 Å². The van der Waals surface area contributed by atoms with Crippen LogP contribution in [0.5, 0.6) is 0 Å². The van der Waals surface area contributed by atoms with E-state index in [0.29, 0.717) is 12.1 Å². The van der Waals surface area contributed by atoms with Crippen molar-refractivity contribution >= 4 is 23.5 Å². The lowest BCUT2D eigenvalue weighted by Crippen LogP contribution is -2.43. The van der Waals surface area contributed by atoms with E-state index in [2.05, 4.69) is 20.4 Å². The number of carbonyl (C=O) groups excluding carboxylic acids is 2. The SMILES string of the molecule is CC(=O)N1c2ccc(-c3ccc(N4CCNCC4)nn3)cc2C(OC(N)=O)CC1C. The number of aromatic nitrogens is 2. The molecule has 2 atom stereocenters. The van der Waals surface area contributed by atoms with Gasteiger partial charge in [0.1, 0.15) is 6.10 Å². The number of anilines is 2. The molecule has 3 N–H and O–H groups in total. The third kappa shape index (κ3) is 3.93. The standard InChI is InChI=1S/C21H26N6O3/c1-13-11-19(30-21(22)29)16-12-15(3-5-18(16)27(13)14(2)28)17-4-6-20(25-24-17)26-9-7-23-8-10-26/h3-6,12-13,19,23H,7-11H2,1-2H3,(H2,22,29). The Balaban J connectivity index is 1.67. The molecule has 9 heteroatoms. The fourth-order valence-corrected chi connectivity index (χ4v) is 4.24. The first kappa shape index (κ1) is 20.1. The molecule has 2 aliphatic rings. The lowest BCUT2D eigenvalue weighted by atomic mass is 9.91. The number of rotatable bonds is 3. The van der Waals surface area contributed by atoms with Crippen molar-refractivity contribution in [3.8, 4) is 11.3 Å². The van der Waals surface area contributed by atoms with Crippen molar-refractivity contribution in [2.24, 2.45) is 5.73 Å². The number of hydrogen-bond donors (Lipinski definition) is 2. The number of primary amides is 1. The van der Waals surface area contributed by atoms with Crippen LogP contribution in [0.3, 0.4) is 0 Å². The highest BCUT2D eigenvalue weighted by Gasteiger charge is 2.34. The van der Waals surface area contributed by atoms with Crippen molar-refractivity contribution in [1.29, 1.82) is 0 Å². The van der Waals surface area contributed by atoms with Gasteiger partial charge < -0.3 is 25.6 Å². The second-order valence-corrected chi connectivity index (χ2v) is 7.69. The topological polar surface area (TPSA) is 114 Å². The molecule has 30 heavy (non-hydrogen) atoms. The van der Waals surface area contributed by atoms with Crippen LogP contribution in [0.15, 0.2) is 30.3 Å². The Morgan fingerprint density at radius 2 is 1.93 bits per heavy atom. The number of piperazine rings is 1. The first-order valence-corrected chi connectivity index (χ1v) is 10.1. The number of nitrogens with two attached hydrogens (primary N) is 1. The normalized spacial score (nSPS) is 21.1. The van der Waals surface area contributed by atoms with Crippen molar-refractivity contribution in [3.05, 3.63) is 35.9 Å². The average molecular weight is 410 g/mol. The number of amides is 2.